The van der Waals surface area contributed by atoms with Gasteiger partial charge < -0.3 is 14.6 Å². The van der Waals surface area contributed by atoms with Gasteiger partial charge >= 0.3 is 0 Å². The molecule has 0 aliphatic carbocycles. The highest BCUT2D eigenvalue weighted by Gasteiger charge is 2.15. The normalized spacial score (nSPS) is 11.4. The molecule has 104 valence electrons. The molecule has 0 aliphatic heterocycles. The predicted molar refractivity (Wildman–Crippen MR) is 80.7 cm³/mol. The van der Waals surface area contributed by atoms with Gasteiger partial charge in [-0.2, -0.15) is 0 Å². The minimum atomic E-state index is 0.627. The molecule has 0 atom stereocenters. The summed E-state index contributed by atoms with van der Waals surface area (Å²) in [5.74, 6) is 1.71. The molecule has 2 heterocycles. The lowest BCUT2D eigenvalue weighted by atomic mass is 10.2. The van der Waals surface area contributed by atoms with Gasteiger partial charge in [-0.05, 0) is 24.6 Å². The number of hydrogen-bond donors (Lipinski definition) is 1. The minimum Gasteiger partial charge on any atom is -0.358 e. The lowest BCUT2D eigenvalue weighted by molar-refractivity contribution is 0.630. The van der Waals surface area contributed by atoms with E-state index in [1.807, 2.05) is 6.07 Å². The van der Waals surface area contributed by atoms with E-state index in [1.54, 1.807) is 0 Å². The van der Waals surface area contributed by atoms with Crippen molar-refractivity contribution in [2.24, 2.45) is 5.92 Å². The van der Waals surface area contributed by atoms with Crippen molar-refractivity contribution < 1.29 is 0 Å². The van der Waals surface area contributed by atoms with E-state index in [2.05, 4.69) is 60.8 Å². The molecule has 0 fully saturated rings. The Morgan fingerprint density at radius 3 is 2.84 bits per heavy atom. The number of rotatable bonds is 6. The lowest BCUT2D eigenvalue weighted by Gasteiger charge is -2.20. The van der Waals surface area contributed by atoms with Crippen LogP contribution in [0.4, 0.5) is 5.82 Å². The molecule has 2 rings (SSSR count). The third kappa shape index (κ3) is 3.07. The quantitative estimate of drug-likeness (QED) is 0.866. The highest BCUT2D eigenvalue weighted by atomic mass is 15.2. The number of nitrogens with zero attached hydrogens (tertiary/aromatic N) is 3. The van der Waals surface area contributed by atoms with E-state index in [1.165, 1.54) is 5.69 Å². The fourth-order valence-corrected chi connectivity index (χ4v) is 2.38. The van der Waals surface area contributed by atoms with Gasteiger partial charge in [-0.25, -0.2) is 4.98 Å². The summed E-state index contributed by atoms with van der Waals surface area (Å²) >= 11 is 0. The number of imidazole rings is 1. The Morgan fingerprint density at radius 1 is 1.37 bits per heavy atom. The van der Waals surface area contributed by atoms with Gasteiger partial charge in [0.25, 0.3) is 0 Å². The van der Waals surface area contributed by atoms with Crippen LogP contribution < -0.4 is 10.2 Å². The zero-order valence-electron chi connectivity index (χ0n) is 12.3. The summed E-state index contributed by atoms with van der Waals surface area (Å²) in [6.45, 7) is 9.42. The molecule has 4 heteroatoms. The maximum absolute atomic E-state index is 4.77. The van der Waals surface area contributed by atoms with Gasteiger partial charge in [0, 0.05) is 26.3 Å². The molecule has 2 aromatic rings. The number of pyridine rings is 1. The second-order valence-electron chi connectivity index (χ2n) is 5.37. The molecule has 1 N–H and O–H groups in total. The number of anilines is 1. The summed E-state index contributed by atoms with van der Waals surface area (Å²) in [4.78, 5) is 7.02. The van der Waals surface area contributed by atoms with E-state index in [4.69, 9.17) is 4.98 Å². The number of hydrogen-bond acceptors (Lipinski definition) is 3. The van der Waals surface area contributed by atoms with E-state index in [0.717, 1.165) is 31.1 Å². The van der Waals surface area contributed by atoms with Gasteiger partial charge in [0.05, 0.1) is 5.69 Å². The molecule has 0 saturated carbocycles. The molecular formula is C15H24N4. The molecule has 0 amide bonds. The van der Waals surface area contributed by atoms with Gasteiger partial charge in [-0.15, -0.1) is 0 Å². The Hall–Kier alpha value is -1.55. The van der Waals surface area contributed by atoms with Crippen LogP contribution in [0.3, 0.4) is 0 Å². The molecule has 0 aliphatic rings. The van der Waals surface area contributed by atoms with Crippen LogP contribution in [0.15, 0.2) is 24.4 Å². The second-order valence-corrected chi connectivity index (χ2v) is 5.37. The van der Waals surface area contributed by atoms with E-state index in [-0.39, 0.29) is 0 Å². The molecular weight excluding hydrogens is 236 g/mol. The molecule has 0 aromatic carbocycles. The minimum absolute atomic E-state index is 0.627. The molecule has 2 aromatic heterocycles. The third-order valence-electron chi connectivity index (χ3n) is 3.15. The summed E-state index contributed by atoms with van der Waals surface area (Å²) in [5, 5.41) is 3.40. The van der Waals surface area contributed by atoms with Crippen LogP contribution in [0.25, 0.3) is 5.65 Å². The van der Waals surface area contributed by atoms with Crippen LogP contribution in [-0.2, 0) is 6.54 Å². The number of fused-ring (bicyclic) bond motifs is 1. The standard InChI is InChI=1S/C15H24N4/c1-5-16-10-13-15(18(4)11-12(2)3)17-14-8-6-7-9-19(13)14/h6-9,12,16H,5,10-11H2,1-4H3. The SMILES string of the molecule is CCNCc1c(N(C)CC(C)C)nc2ccccn12. The van der Waals surface area contributed by atoms with Crippen molar-refractivity contribution in [3.63, 3.8) is 0 Å². The van der Waals surface area contributed by atoms with Crippen LogP contribution >= 0.6 is 0 Å². The molecule has 0 spiro atoms. The zero-order chi connectivity index (χ0) is 13.8. The third-order valence-corrected chi connectivity index (χ3v) is 3.15. The van der Waals surface area contributed by atoms with Crippen molar-refractivity contribution in [2.45, 2.75) is 27.3 Å². The Kier molecular flexibility index (Phi) is 4.43. The Labute approximate surface area is 115 Å². The Morgan fingerprint density at radius 2 is 2.16 bits per heavy atom. The predicted octanol–water partition coefficient (Wildman–Crippen LogP) is 2.54. The molecule has 4 nitrogen and oxygen atoms in total. The van der Waals surface area contributed by atoms with E-state index in [9.17, 15) is 0 Å². The highest BCUT2D eigenvalue weighted by Crippen LogP contribution is 2.21. The van der Waals surface area contributed by atoms with Crippen LogP contribution in [0.1, 0.15) is 26.5 Å². The summed E-state index contributed by atoms with van der Waals surface area (Å²) in [7, 11) is 2.12. The maximum Gasteiger partial charge on any atom is 0.152 e. The van der Waals surface area contributed by atoms with E-state index >= 15 is 0 Å². The largest absolute Gasteiger partial charge is 0.358 e. The molecule has 0 radical (unpaired) electrons. The molecule has 19 heavy (non-hydrogen) atoms. The first-order valence-corrected chi connectivity index (χ1v) is 7.01. The highest BCUT2D eigenvalue weighted by molar-refractivity contribution is 5.55. The van der Waals surface area contributed by atoms with Gasteiger partial charge in [0.15, 0.2) is 5.82 Å². The maximum atomic E-state index is 4.77. The summed E-state index contributed by atoms with van der Waals surface area (Å²) in [6.07, 6.45) is 2.09. The lowest BCUT2D eigenvalue weighted by Crippen LogP contribution is -2.25. The summed E-state index contributed by atoms with van der Waals surface area (Å²) in [6, 6.07) is 6.14. The van der Waals surface area contributed by atoms with Crippen molar-refractivity contribution in [1.29, 1.82) is 0 Å². The molecule has 0 saturated heterocycles. The Bertz CT molecular complexity index is 530. The van der Waals surface area contributed by atoms with Crippen molar-refractivity contribution in [1.82, 2.24) is 14.7 Å². The topological polar surface area (TPSA) is 32.6 Å². The van der Waals surface area contributed by atoms with Crippen LogP contribution in [0.2, 0.25) is 0 Å². The zero-order valence-corrected chi connectivity index (χ0v) is 12.3. The first-order valence-electron chi connectivity index (χ1n) is 7.01. The summed E-state index contributed by atoms with van der Waals surface area (Å²) < 4.78 is 2.18. The van der Waals surface area contributed by atoms with Crippen LogP contribution in [0, 0.1) is 5.92 Å². The van der Waals surface area contributed by atoms with Crippen molar-refractivity contribution >= 4 is 11.5 Å². The van der Waals surface area contributed by atoms with Crippen molar-refractivity contribution in [3.8, 4) is 0 Å². The smallest absolute Gasteiger partial charge is 0.152 e. The molecule has 0 unspecified atom stereocenters. The fourth-order valence-electron chi connectivity index (χ4n) is 2.38. The van der Waals surface area contributed by atoms with Crippen LogP contribution in [-0.4, -0.2) is 29.5 Å². The van der Waals surface area contributed by atoms with Crippen molar-refractivity contribution in [3.05, 3.63) is 30.1 Å². The van der Waals surface area contributed by atoms with Crippen molar-refractivity contribution in [2.75, 3.05) is 25.0 Å². The van der Waals surface area contributed by atoms with E-state index in [0.29, 0.717) is 5.92 Å². The summed E-state index contributed by atoms with van der Waals surface area (Å²) in [5.41, 5.74) is 2.25. The molecule has 0 bridgehead atoms. The second kappa shape index (κ2) is 6.06. The first-order chi connectivity index (χ1) is 9.13. The van der Waals surface area contributed by atoms with E-state index < -0.39 is 0 Å². The number of nitrogens with one attached hydrogen (secondary N) is 1. The average molecular weight is 260 g/mol. The van der Waals surface area contributed by atoms with Gasteiger partial charge in [-0.1, -0.05) is 26.8 Å². The van der Waals surface area contributed by atoms with Gasteiger partial charge in [0.1, 0.15) is 5.65 Å². The van der Waals surface area contributed by atoms with Crippen LogP contribution in [0.5, 0.6) is 0 Å². The number of aromatic nitrogens is 2. The Balaban J connectivity index is 2.40. The monoisotopic (exact) mass is 260 g/mol. The van der Waals surface area contributed by atoms with Gasteiger partial charge in [0.2, 0.25) is 0 Å². The average Bonchev–Trinajstić information content (AvgIpc) is 2.74. The fraction of sp³-hybridized carbons (Fsp3) is 0.533. The van der Waals surface area contributed by atoms with Gasteiger partial charge in [-0.3, -0.25) is 0 Å². The first kappa shape index (κ1) is 13.9.